The molecule has 3 aromatic rings. The molecule has 2 aromatic carbocycles. The molecule has 0 radical (unpaired) electrons. The number of nitrogens with zero attached hydrogens (tertiary/aromatic N) is 3. The van der Waals surface area contributed by atoms with Crippen LogP contribution in [0.15, 0.2) is 54.9 Å². The molecule has 4 rings (SSSR count). The van der Waals surface area contributed by atoms with Crippen molar-refractivity contribution in [2.24, 2.45) is 0 Å². The molecule has 0 fully saturated rings. The number of benzene rings is 2. The van der Waals surface area contributed by atoms with Crippen LogP contribution in [0, 0.1) is 11.3 Å². The van der Waals surface area contributed by atoms with Crippen LogP contribution in [0.4, 0.5) is 17.3 Å². The van der Waals surface area contributed by atoms with Gasteiger partial charge in [-0.05, 0) is 36.4 Å². The van der Waals surface area contributed by atoms with Gasteiger partial charge in [0.2, 0.25) is 5.95 Å². The lowest BCUT2D eigenvalue weighted by Crippen LogP contribution is -2.15. The number of rotatable bonds is 4. The van der Waals surface area contributed by atoms with Gasteiger partial charge in [0.05, 0.1) is 17.2 Å². The minimum atomic E-state index is -0.337. The normalized spacial score (nSPS) is 12.0. The standard InChI is InChI=1S/C20H15N5O3/c21-10-13-1-3-15(4-2-13)24-19(26)14-11-22-20(23-12-14)25-16-5-6-17-18(9-16)28-8-7-27-17/h1-6,9,11-12H,7-8H2,(H,24,26)(H,22,23,25). The molecule has 2 heterocycles. The minimum Gasteiger partial charge on any atom is -0.486 e. The number of carbonyl (C=O) groups is 1. The summed E-state index contributed by atoms with van der Waals surface area (Å²) in [6, 6.07) is 14.1. The summed E-state index contributed by atoms with van der Waals surface area (Å²) in [7, 11) is 0. The summed E-state index contributed by atoms with van der Waals surface area (Å²) in [4.78, 5) is 20.6. The number of anilines is 3. The SMILES string of the molecule is N#Cc1ccc(NC(=O)c2cnc(Nc3ccc4c(c3)OCCO4)nc2)cc1. The molecule has 0 bridgehead atoms. The smallest absolute Gasteiger partial charge is 0.258 e. The summed E-state index contributed by atoms with van der Waals surface area (Å²) >= 11 is 0. The van der Waals surface area contributed by atoms with E-state index in [1.807, 2.05) is 24.3 Å². The number of hydrogen-bond acceptors (Lipinski definition) is 7. The second-order valence-electron chi connectivity index (χ2n) is 5.92. The van der Waals surface area contributed by atoms with E-state index in [-0.39, 0.29) is 5.91 Å². The van der Waals surface area contributed by atoms with Gasteiger partial charge in [-0.3, -0.25) is 4.79 Å². The number of carbonyl (C=O) groups excluding carboxylic acids is 1. The molecule has 0 spiro atoms. The number of amides is 1. The van der Waals surface area contributed by atoms with Gasteiger partial charge >= 0.3 is 0 Å². The van der Waals surface area contributed by atoms with Crippen LogP contribution in [0.5, 0.6) is 11.5 Å². The summed E-state index contributed by atoms with van der Waals surface area (Å²) < 4.78 is 11.0. The van der Waals surface area contributed by atoms with Gasteiger partial charge in [0, 0.05) is 29.8 Å². The summed E-state index contributed by atoms with van der Waals surface area (Å²) in [6.45, 7) is 1.05. The van der Waals surface area contributed by atoms with Crippen molar-refractivity contribution in [3.8, 4) is 17.6 Å². The Kier molecular flexibility index (Phi) is 4.72. The third-order valence-electron chi connectivity index (χ3n) is 3.98. The molecule has 2 N–H and O–H groups in total. The van der Waals surface area contributed by atoms with E-state index in [1.54, 1.807) is 24.3 Å². The first kappa shape index (κ1) is 17.3. The number of nitrogens with one attached hydrogen (secondary N) is 2. The number of ether oxygens (including phenoxy) is 2. The van der Waals surface area contributed by atoms with Crippen molar-refractivity contribution in [1.29, 1.82) is 5.26 Å². The Hall–Kier alpha value is -4.12. The molecule has 1 aliphatic rings. The number of hydrogen-bond donors (Lipinski definition) is 2. The van der Waals surface area contributed by atoms with Gasteiger partial charge in [0.1, 0.15) is 13.2 Å². The van der Waals surface area contributed by atoms with Crippen LogP contribution >= 0.6 is 0 Å². The van der Waals surface area contributed by atoms with E-state index in [0.29, 0.717) is 47.5 Å². The van der Waals surface area contributed by atoms with Crippen LogP contribution in [-0.4, -0.2) is 29.1 Å². The van der Waals surface area contributed by atoms with Gasteiger partial charge in [0.25, 0.3) is 5.91 Å². The molecule has 28 heavy (non-hydrogen) atoms. The number of fused-ring (bicyclic) bond motifs is 1. The molecule has 0 aliphatic carbocycles. The van der Waals surface area contributed by atoms with Crippen LogP contribution in [0.3, 0.4) is 0 Å². The lowest BCUT2D eigenvalue weighted by Gasteiger charge is -2.18. The topological polar surface area (TPSA) is 109 Å². The lowest BCUT2D eigenvalue weighted by molar-refractivity contribution is 0.102. The van der Waals surface area contributed by atoms with Gasteiger partial charge in [-0.25, -0.2) is 9.97 Å². The van der Waals surface area contributed by atoms with Crippen molar-refractivity contribution < 1.29 is 14.3 Å². The monoisotopic (exact) mass is 373 g/mol. The van der Waals surface area contributed by atoms with Crippen LogP contribution in [-0.2, 0) is 0 Å². The number of nitriles is 1. The van der Waals surface area contributed by atoms with Crippen LogP contribution in [0.25, 0.3) is 0 Å². The predicted molar refractivity (Wildman–Crippen MR) is 102 cm³/mol. The highest BCUT2D eigenvalue weighted by molar-refractivity contribution is 6.03. The Morgan fingerprint density at radius 2 is 1.64 bits per heavy atom. The third kappa shape index (κ3) is 3.83. The van der Waals surface area contributed by atoms with Crippen LogP contribution in [0.2, 0.25) is 0 Å². The maximum atomic E-state index is 12.3. The Bertz CT molecular complexity index is 1040. The molecule has 8 heteroatoms. The molecule has 1 aromatic heterocycles. The molecular weight excluding hydrogens is 358 g/mol. The summed E-state index contributed by atoms with van der Waals surface area (Å²) in [5, 5.41) is 14.6. The largest absolute Gasteiger partial charge is 0.486 e. The summed E-state index contributed by atoms with van der Waals surface area (Å²) in [5.41, 5.74) is 2.18. The molecule has 0 saturated heterocycles. The van der Waals surface area contributed by atoms with E-state index in [2.05, 4.69) is 20.6 Å². The fourth-order valence-corrected chi connectivity index (χ4v) is 2.59. The zero-order valence-electron chi connectivity index (χ0n) is 14.7. The third-order valence-corrected chi connectivity index (χ3v) is 3.98. The van der Waals surface area contributed by atoms with E-state index >= 15 is 0 Å². The molecule has 0 saturated carbocycles. The van der Waals surface area contributed by atoms with E-state index in [9.17, 15) is 4.79 Å². The highest BCUT2D eigenvalue weighted by Crippen LogP contribution is 2.33. The minimum absolute atomic E-state index is 0.317. The Morgan fingerprint density at radius 3 is 2.36 bits per heavy atom. The van der Waals surface area contributed by atoms with Crippen LogP contribution < -0.4 is 20.1 Å². The van der Waals surface area contributed by atoms with E-state index in [0.717, 1.165) is 5.69 Å². The van der Waals surface area contributed by atoms with Gasteiger partial charge < -0.3 is 20.1 Å². The molecule has 8 nitrogen and oxygen atoms in total. The predicted octanol–water partition coefficient (Wildman–Crippen LogP) is 3.12. The van der Waals surface area contributed by atoms with E-state index in [1.165, 1.54) is 12.4 Å². The van der Waals surface area contributed by atoms with Crippen molar-refractivity contribution in [2.45, 2.75) is 0 Å². The highest BCUT2D eigenvalue weighted by atomic mass is 16.6. The van der Waals surface area contributed by atoms with Gasteiger partial charge in [-0.1, -0.05) is 0 Å². The molecule has 1 amide bonds. The van der Waals surface area contributed by atoms with Gasteiger partial charge in [-0.15, -0.1) is 0 Å². The summed E-state index contributed by atoms with van der Waals surface area (Å²) in [5.74, 6) is 1.38. The quantitative estimate of drug-likeness (QED) is 0.723. The Balaban J connectivity index is 1.41. The molecule has 0 unspecified atom stereocenters. The number of aromatic nitrogens is 2. The molecular formula is C20H15N5O3. The first-order valence-corrected chi connectivity index (χ1v) is 8.51. The van der Waals surface area contributed by atoms with Crippen molar-refractivity contribution in [3.05, 3.63) is 66.0 Å². The second-order valence-corrected chi connectivity index (χ2v) is 5.92. The first-order chi connectivity index (χ1) is 13.7. The van der Waals surface area contributed by atoms with E-state index < -0.39 is 0 Å². The first-order valence-electron chi connectivity index (χ1n) is 8.51. The highest BCUT2D eigenvalue weighted by Gasteiger charge is 2.12. The second kappa shape index (κ2) is 7.63. The van der Waals surface area contributed by atoms with Crippen LogP contribution in [0.1, 0.15) is 15.9 Å². The lowest BCUT2D eigenvalue weighted by atomic mass is 10.2. The molecule has 0 atom stereocenters. The van der Waals surface area contributed by atoms with E-state index in [4.69, 9.17) is 14.7 Å². The van der Waals surface area contributed by atoms with Crippen molar-refractivity contribution in [2.75, 3.05) is 23.8 Å². The van der Waals surface area contributed by atoms with Crippen molar-refractivity contribution in [1.82, 2.24) is 9.97 Å². The summed E-state index contributed by atoms with van der Waals surface area (Å²) in [6.07, 6.45) is 2.87. The average Bonchev–Trinajstić information content (AvgIpc) is 2.75. The zero-order chi connectivity index (χ0) is 19.3. The van der Waals surface area contributed by atoms with Crippen molar-refractivity contribution >= 4 is 23.2 Å². The zero-order valence-corrected chi connectivity index (χ0v) is 14.7. The fraction of sp³-hybridized carbons (Fsp3) is 0.100. The fourth-order valence-electron chi connectivity index (χ4n) is 2.59. The Labute approximate surface area is 160 Å². The molecule has 138 valence electrons. The maximum Gasteiger partial charge on any atom is 0.258 e. The Morgan fingerprint density at radius 1 is 0.964 bits per heavy atom. The average molecular weight is 373 g/mol. The molecule has 1 aliphatic heterocycles. The van der Waals surface area contributed by atoms with Gasteiger partial charge in [-0.2, -0.15) is 5.26 Å². The van der Waals surface area contributed by atoms with Gasteiger partial charge in [0.15, 0.2) is 11.5 Å². The maximum absolute atomic E-state index is 12.3. The van der Waals surface area contributed by atoms with Crippen molar-refractivity contribution in [3.63, 3.8) is 0 Å².